The Morgan fingerprint density at radius 2 is 2.38 bits per heavy atom. The maximum absolute atomic E-state index is 14.5. The van der Waals surface area contributed by atoms with Crippen LogP contribution in [0, 0.1) is 0 Å². The van der Waals surface area contributed by atoms with Gasteiger partial charge >= 0.3 is 0 Å². The molecule has 3 unspecified atom stereocenters. The van der Waals surface area contributed by atoms with Crippen molar-refractivity contribution in [2.24, 2.45) is 5.73 Å². The summed E-state index contributed by atoms with van der Waals surface area (Å²) in [7, 11) is 1.49. The van der Waals surface area contributed by atoms with Crippen molar-refractivity contribution in [3.63, 3.8) is 0 Å². The summed E-state index contributed by atoms with van der Waals surface area (Å²) in [6.07, 6.45) is 2.73. The molecule has 2 fully saturated rings. The van der Waals surface area contributed by atoms with E-state index in [2.05, 4.69) is 16.0 Å². The zero-order valence-electron chi connectivity index (χ0n) is 13.9. The second-order valence-electron chi connectivity index (χ2n) is 6.14. The summed E-state index contributed by atoms with van der Waals surface area (Å²) in [6, 6.07) is -0.126. The Labute approximate surface area is 147 Å². The molecule has 2 aliphatic rings. The SMILES string of the molecule is COC(=S)NC/C(N)=C/NC1CCC(N2CCNC(=O)C2)C(F)C1. The van der Waals surface area contributed by atoms with Crippen LogP contribution in [0.15, 0.2) is 11.9 Å². The number of piperazine rings is 1. The first kappa shape index (κ1) is 18.7. The van der Waals surface area contributed by atoms with E-state index in [9.17, 15) is 9.18 Å². The Balaban J connectivity index is 1.76. The van der Waals surface area contributed by atoms with E-state index >= 15 is 0 Å². The van der Waals surface area contributed by atoms with Gasteiger partial charge in [0.25, 0.3) is 5.17 Å². The van der Waals surface area contributed by atoms with E-state index in [1.165, 1.54) is 7.11 Å². The van der Waals surface area contributed by atoms with Gasteiger partial charge < -0.3 is 26.4 Å². The molecule has 0 spiro atoms. The molecule has 0 bridgehead atoms. The van der Waals surface area contributed by atoms with Gasteiger partial charge in [-0.05, 0) is 25.1 Å². The second-order valence-corrected chi connectivity index (χ2v) is 6.52. The molecule has 1 saturated heterocycles. The number of ether oxygens (including phenoxy) is 1. The van der Waals surface area contributed by atoms with Gasteiger partial charge in [-0.3, -0.25) is 9.69 Å². The summed E-state index contributed by atoms with van der Waals surface area (Å²) < 4.78 is 19.3. The number of rotatable bonds is 5. The Morgan fingerprint density at radius 1 is 1.58 bits per heavy atom. The number of nitrogens with one attached hydrogen (secondary N) is 3. The molecule has 0 aromatic carbocycles. The van der Waals surface area contributed by atoms with Crippen LogP contribution in [0.25, 0.3) is 0 Å². The van der Waals surface area contributed by atoms with E-state index < -0.39 is 6.17 Å². The maximum atomic E-state index is 14.5. The van der Waals surface area contributed by atoms with E-state index in [-0.39, 0.29) is 23.2 Å². The smallest absolute Gasteiger partial charge is 0.256 e. The van der Waals surface area contributed by atoms with Crippen LogP contribution in [0.3, 0.4) is 0 Å². The number of alkyl halides is 1. The summed E-state index contributed by atoms with van der Waals surface area (Å²) in [4.78, 5) is 13.4. The van der Waals surface area contributed by atoms with Crippen molar-refractivity contribution in [2.45, 2.75) is 37.5 Å². The van der Waals surface area contributed by atoms with Gasteiger partial charge in [0.1, 0.15) is 6.17 Å². The number of halogens is 1. The highest BCUT2D eigenvalue weighted by Gasteiger charge is 2.35. The van der Waals surface area contributed by atoms with E-state index in [1.54, 1.807) is 6.20 Å². The number of methoxy groups -OCH3 is 1. The molecule has 0 radical (unpaired) electrons. The first-order chi connectivity index (χ1) is 11.5. The third-order valence-corrected chi connectivity index (χ3v) is 4.71. The zero-order chi connectivity index (χ0) is 17.5. The largest absolute Gasteiger partial charge is 0.474 e. The molecule has 1 aliphatic carbocycles. The predicted molar refractivity (Wildman–Crippen MR) is 93.9 cm³/mol. The molecule has 5 N–H and O–H groups in total. The molecule has 3 atom stereocenters. The van der Waals surface area contributed by atoms with Crippen LogP contribution in [0.4, 0.5) is 4.39 Å². The molecule has 2 rings (SSSR count). The van der Waals surface area contributed by atoms with Crippen molar-refractivity contribution in [2.75, 3.05) is 33.3 Å². The number of amides is 1. The van der Waals surface area contributed by atoms with Gasteiger partial charge in [0.15, 0.2) is 0 Å². The van der Waals surface area contributed by atoms with Crippen LogP contribution in [0.2, 0.25) is 0 Å². The van der Waals surface area contributed by atoms with Crippen molar-refractivity contribution in [1.29, 1.82) is 0 Å². The number of carbonyl (C=O) groups is 1. The normalized spacial score (nSPS) is 28.8. The fraction of sp³-hybridized carbons (Fsp3) is 0.733. The molecule has 24 heavy (non-hydrogen) atoms. The van der Waals surface area contributed by atoms with Crippen LogP contribution in [0.1, 0.15) is 19.3 Å². The zero-order valence-corrected chi connectivity index (χ0v) is 14.7. The van der Waals surface area contributed by atoms with Gasteiger partial charge in [0.05, 0.1) is 20.2 Å². The van der Waals surface area contributed by atoms with Crippen molar-refractivity contribution in [3.05, 3.63) is 11.9 Å². The van der Waals surface area contributed by atoms with E-state index in [1.807, 2.05) is 4.90 Å². The summed E-state index contributed by atoms with van der Waals surface area (Å²) in [6.45, 7) is 1.98. The Hall–Kier alpha value is -1.61. The number of hydrogen-bond acceptors (Lipinski definition) is 6. The third-order valence-electron chi connectivity index (χ3n) is 4.40. The lowest BCUT2D eigenvalue weighted by Crippen LogP contribution is -2.56. The summed E-state index contributed by atoms with van der Waals surface area (Å²) in [5, 5.41) is 9.07. The number of carbonyl (C=O) groups excluding carboxylic acids is 1. The lowest BCUT2D eigenvalue weighted by atomic mass is 9.88. The highest BCUT2D eigenvalue weighted by atomic mass is 32.1. The number of hydrogen-bond donors (Lipinski definition) is 4. The van der Waals surface area contributed by atoms with Crippen molar-refractivity contribution in [3.8, 4) is 0 Å². The molecule has 0 aromatic rings. The average Bonchev–Trinajstić information content (AvgIpc) is 2.57. The Bertz CT molecular complexity index is 490. The molecule has 9 heteroatoms. The molecule has 0 aromatic heterocycles. The fourth-order valence-electron chi connectivity index (χ4n) is 3.13. The van der Waals surface area contributed by atoms with Crippen LogP contribution < -0.4 is 21.7 Å². The van der Waals surface area contributed by atoms with Crippen molar-refractivity contribution < 1.29 is 13.9 Å². The lowest BCUT2D eigenvalue weighted by molar-refractivity contribution is -0.125. The molecule has 1 amide bonds. The molecule has 1 heterocycles. The minimum atomic E-state index is -0.948. The Kier molecular flexibility index (Phi) is 7.04. The Morgan fingerprint density at radius 3 is 3.04 bits per heavy atom. The minimum Gasteiger partial charge on any atom is -0.474 e. The lowest BCUT2D eigenvalue weighted by Gasteiger charge is -2.40. The highest BCUT2D eigenvalue weighted by molar-refractivity contribution is 7.80. The monoisotopic (exact) mass is 359 g/mol. The summed E-state index contributed by atoms with van der Waals surface area (Å²) >= 11 is 4.86. The van der Waals surface area contributed by atoms with E-state index in [4.69, 9.17) is 22.7 Å². The summed E-state index contributed by atoms with van der Waals surface area (Å²) in [5.41, 5.74) is 6.43. The molecular weight excluding hydrogens is 333 g/mol. The highest BCUT2D eigenvalue weighted by Crippen LogP contribution is 2.26. The number of nitrogens with zero attached hydrogens (tertiary/aromatic N) is 1. The van der Waals surface area contributed by atoms with Gasteiger partial charge in [0, 0.05) is 43.5 Å². The maximum Gasteiger partial charge on any atom is 0.256 e. The minimum absolute atomic E-state index is 0.0223. The third kappa shape index (κ3) is 5.48. The fourth-order valence-corrected chi connectivity index (χ4v) is 3.20. The number of nitrogens with two attached hydrogens (primary N) is 1. The van der Waals surface area contributed by atoms with Crippen molar-refractivity contribution in [1.82, 2.24) is 20.9 Å². The van der Waals surface area contributed by atoms with Crippen LogP contribution in [0.5, 0.6) is 0 Å². The quantitative estimate of drug-likeness (QED) is 0.496. The first-order valence-electron chi connectivity index (χ1n) is 8.16. The molecular formula is C15H26FN5O2S. The first-order valence-corrected chi connectivity index (χ1v) is 8.57. The van der Waals surface area contributed by atoms with Gasteiger partial charge in [0.2, 0.25) is 5.91 Å². The van der Waals surface area contributed by atoms with E-state index in [0.29, 0.717) is 38.3 Å². The average molecular weight is 359 g/mol. The standard InChI is InChI=1S/C15H26FN5O2S/c1-23-15(24)20-8-10(17)7-19-11-2-3-13(12(16)6-11)21-5-4-18-14(22)9-21/h7,11-13,19H,2-6,8-9,17H2,1H3,(H,18,22)(H,20,24)/b10-7-. The predicted octanol–water partition coefficient (Wildman–Crippen LogP) is -0.412. The van der Waals surface area contributed by atoms with Crippen LogP contribution in [-0.4, -0.2) is 67.5 Å². The molecule has 1 saturated carbocycles. The van der Waals surface area contributed by atoms with E-state index in [0.717, 1.165) is 12.8 Å². The molecule has 136 valence electrons. The van der Waals surface area contributed by atoms with Gasteiger partial charge in [-0.25, -0.2) is 4.39 Å². The number of thiocarbonyl (C=S) groups is 1. The van der Waals surface area contributed by atoms with Crippen molar-refractivity contribution >= 4 is 23.3 Å². The topological polar surface area (TPSA) is 91.7 Å². The second kappa shape index (κ2) is 9.03. The summed E-state index contributed by atoms with van der Waals surface area (Å²) in [5.74, 6) is -0.0223. The van der Waals surface area contributed by atoms with Crippen LogP contribution >= 0.6 is 12.2 Å². The van der Waals surface area contributed by atoms with Crippen LogP contribution in [-0.2, 0) is 9.53 Å². The van der Waals surface area contributed by atoms with Gasteiger partial charge in [-0.2, -0.15) is 0 Å². The van der Waals surface area contributed by atoms with Gasteiger partial charge in [-0.15, -0.1) is 0 Å². The molecule has 7 nitrogen and oxygen atoms in total. The molecule has 1 aliphatic heterocycles. The van der Waals surface area contributed by atoms with Gasteiger partial charge in [-0.1, -0.05) is 0 Å².